The number of ether oxygens (including phenoxy) is 2. The van der Waals surface area contributed by atoms with E-state index in [1.807, 2.05) is 48.5 Å². The van der Waals surface area contributed by atoms with Crippen molar-refractivity contribution in [3.8, 4) is 28.7 Å². The van der Waals surface area contributed by atoms with Gasteiger partial charge in [0.2, 0.25) is 5.91 Å². The molecule has 3 rings (SSSR count). The number of hydrogen-bond acceptors (Lipinski definition) is 4. The second kappa shape index (κ2) is 9.63. The molecular formula is C23H19ClN2O3. The topological polar surface area (TPSA) is 71.3 Å². The number of benzene rings is 3. The number of methoxy groups -OCH3 is 1. The Kier molecular flexibility index (Phi) is 6.72. The molecule has 0 aliphatic carbocycles. The van der Waals surface area contributed by atoms with Crippen LogP contribution in [0.5, 0.6) is 11.5 Å². The Bertz CT molecular complexity index is 1040. The number of hydrogen-bond donors (Lipinski definition) is 1. The van der Waals surface area contributed by atoms with E-state index < -0.39 is 0 Å². The summed E-state index contributed by atoms with van der Waals surface area (Å²) in [5, 5.41) is 12.2. The summed E-state index contributed by atoms with van der Waals surface area (Å²) >= 11 is 6.18. The molecule has 0 atom stereocenters. The van der Waals surface area contributed by atoms with Crippen molar-refractivity contribution in [2.45, 2.75) is 6.42 Å². The number of nitriles is 1. The molecule has 0 saturated heterocycles. The van der Waals surface area contributed by atoms with Crippen molar-refractivity contribution in [3.63, 3.8) is 0 Å². The number of nitrogens with one attached hydrogen (secondary N) is 1. The van der Waals surface area contributed by atoms with Gasteiger partial charge in [0.1, 0.15) is 11.5 Å². The van der Waals surface area contributed by atoms with Crippen LogP contribution in [0.2, 0.25) is 5.02 Å². The molecule has 29 heavy (non-hydrogen) atoms. The normalized spacial score (nSPS) is 10.1. The minimum atomic E-state index is -0.176. The lowest BCUT2D eigenvalue weighted by atomic mass is 10.1. The highest BCUT2D eigenvalue weighted by Gasteiger charge is 2.06. The van der Waals surface area contributed by atoms with Crippen molar-refractivity contribution < 1.29 is 14.3 Å². The monoisotopic (exact) mass is 406 g/mol. The first-order chi connectivity index (χ1) is 14.1. The Morgan fingerprint density at radius 2 is 1.83 bits per heavy atom. The lowest BCUT2D eigenvalue weighted by Crippen LogP contribution is -2.15. The third-order valence-corrected chi connectivity index (χ3v) is 4.51. The third kappa shape index (κ3) is 5.50. The average molecular weight is 407 g/mol. The Balaban J connectivity index is 1.52. The molecule has 0 aliphatic heterocycles. The molecular weight excluding hydrogens is 388 g/mol. The number of anilines is 1. The van der Waals surface area contributed by atoms with Crippen molar-refractivity contribution in [1.82, 2.24) is 0 Å². The highest BCUT2D eigenvalue weighted by atomic mass is 35.5. The van der Waals surface area contributed by atoms with Crippen LogP contribution in [0.1, 0.15) is 12.0 Å². The summed E-state index contributed by atoms with van der Waals surface area (Å²) < 4.78 is 10.8. The fraction of sp³-hybridized carbons (Fsp3) is 0.130. The van der Waals surface area contributed by atoms with E-state index in [0.717, 1.165) is 11.1 Å². The van der Waals surface area contributed by atoms with Crippen molar-refractivity contribution in [3.05, 3.63) is 77.3 Å². The molecule has 1 N–H and O–H groups in total. The minimum absolute atomic E-state index is 0.176. The molecule has 6 heteroatoms. The highest BCUT2D eigenvalue weighted by molar-refractivity contribution is 6.32. The number of carbonyl (C=O) groups excluding carboxylic acids is 1. The summed E-state index contributed by atoms with van der Waals surface area (Å²) in [6.45, 7) is 0.248. The van der Waals surface area contributed by atoms with Crippen molar-refractivity contribution in [2.75, 3.05) is 19.0 Å². The van der Waals surface area contributed by atoms with Gasteiger partial charge in [-0.15, -0.1) is 0 Å². The van der Waals surface area contributed by atoms with E-state index in [9.17, 15) is 4.79 Å². The number of carbonyl (C=O) groups is 1. The Morgan fingerprint density at radius 1 is 1.07 bits per heavy atom. The molecule has 0 unspecified atom stereocenters. The summed E-state index contributed by atoms with van der Waals surface area (Å²) in [6.07, 6.45) is 0.201. The van der Waals surface area contributed by atoms with E-state index in [0.29, 0.717) is 27.8 Å². The maximum atomic E-state index is 12.0. The molecule has 0 bridgehead atoms. The van der Waals surface area contributed by atoms with E-state index in [1.165, 1.54) is 0 Å². The fourth-order valence-electron chi connectivity index (χ4n) is 2.74. The van der Waals surface area contributed by atoms with Crippen LogP contribution in [0, 0.1) is 11.3 Å². The Labute approximate surface area is 174 Å². The zero-order chi connectivity index (χ0) is 20.6. The second-order valence-electron chi connectivity index (χ2n) is 6.21. The van der Waals surface area contributed by atoms with Gasteiger partial charge < -0.3 is 14.8 Å². The van der Waals surface area contributed by atoms with Crippen LogP contribution in [0.3, 0.4) is 0 Å². The lowest BCUT2D eigenvalue weighted by molar-refractivity contribution is -0.116. The maximum absolute atomic E-state index is 12.0. The summed E-state index contributed by atoms with van der Waals surface area (Å²) in [4.78, 5) is 12.0. The van der Waals surface area contributed by atoms with Gasteiger partial charge in [-0.1, -0.05) is 35.9 Å². The molecule has 5 nitrogen and oxygen atoms in total. The zero-order valence-electron chi connectivity index (χ0n) is 15.8. The van der Waals surface area contributed by atoms with E-state index in [-0.39, 0.29) is 18.9 Å². The van der Waals surface area contributed by atoms with Gasteiger partial charge >= 0.3 is 0 Å². The van der Waals surface area contributed by atoms with Gasteiger partial charge in [-0.2, -0.15) is 5.26 Å². The molecule has 0 saturated carbocycles. The SMILES string of the molecule is COc1ccc(-c2ccc(OCCC(=O)Nc3cccc(C#N)c3)cc2)cc1Cl. The first-order valence-electron chi connectivity index (χ1n) is 8.96. The molecule has 1 amide bonds. The van der Waals surface area contributed by atoms with E-state index in [4.69, 9.17) is 26.3 Å². The van der Waals surface area contributed by atoms with Gasteiger partial charge in [0, 0.05) is 5.69 Å². The summed E-state index contributed by atoms with van der Waals surface area (Å²) in [7, 11) is 1.58. The van der Waals surface area contributed by atoms with Gasteiger partial charge in [-0.25, -0.2) is 0 Å². The smallest absolute Gasteiger partial charge is 0.227 e. The molecule has 0 aliphatic rings. The van der Waals surface area contributed by atoms with E-state index in [2.05, 4.69) is 5.32 Å². The minimum Gasteiger partial charge on any atom is -0.495 e. The molecule has 0 radical (unpaired) electrons. The summed E-state index contributed by atoms with van der Waals surface area (Å²) in [5.74, 6) is 1.13. The highest BCUT2D eigenvalue weighted by Crippen LogP contribution is 2.30. The molecule has 3 aromatic rings. The van der Waals surface area contributed by atoms with E-state index >= 15 is 0 Å². The number of halogens is 1. The quantitative estimate of drug-likeness (QED) is 0.578. The van der Waals surface area contributed by atoms with Gasteiger partial charge in [0.15, 0.2) is 0 Å². The van der Waals surface area contributed by atoms with Gasteiger partial charge in [0.25, 0.3) is 0 Å². The fourth-order valence-corrected chi connectivity index (χ4v) is 3.00. The molecule has 0 heterocycles. The molecule has 3 aromatic carbocycles. The lowest BCUT2D eigenvalue weighted by Gasteiger charge is -2.09. The molecule has 146 valence electrons. The maximum Gasteiger partial charge on any atom is 0.227 e. The Hall–Kier alpha value is -3.49. The van der Waals surface area contributed by atoms with Crippen LogP contribution >= 0.6 is 11.6 Å². The van der Waals surface area contributed by atoms with Gasteiger partial charge in [-0.05, 0) is 53.6 Å². The van der Waals surface area contributed by atoms with Crippen molar-refractivity contribution in [2.24, 2.45) is 0 Å². The van der Waals surface area contributed by atoms with E-state index in [1.54, 1.807) is 31.4 Å². The molecule has 0 aromatic heterocycles. The van der Waals surface area contributed by atoms with Crippen LogP contribution in [0.25, 0.3) is 11.1 Å². The summed E-state index contributed by atoms with van der Waals surface area (Å²) in [6, 6.07) is 22.0. The molecule has 0 spiro atoms. The zero-order valence-corrected chi connectivity index (χ0v) is 16.6. The van der Waals surface area contributed by atoms with Crippen LogP contribution < -0.4 is 14.8 Å². The van der Waals surface area contributed by atoms with Crippen LogP contribution in [0.15, 0.2) is 66.7 Å². The standard InChI is InChI=1S/C23H19ClN2O3/c1-28-22-10-7-18(14-21(22)24)17-5-8-20(9-6-17)29-12-11-23(27)26-19-4-2-3-16(13-19)15-25/h2-10,13-14H,11-12H2,1H3,(H,26,27). The van der Waals surface area contributed by atoms with Crippen LogP contribution in [-0.4, -0.2) is 19.6 Å². The van der Waals surface area contributed by atoms with Crippen molar-refractivity contribution >= 4 is 23.2 Å². The van der Waals surface area contributed by atoms with Gasteiger partial charge in [-0.3, -0.25) is 4.79 Å². The second-order valence-corrected chi connectivity index (χ2v) is 6.62. The average Bonchev–Trinajstić information content (AvgIpc) is 2.74. The first kappa shape index (κ1) is 20.2. The Morgan fingerprint density at radius 3 is 2.52 bits per heavy atom. The predicted molar refractivity (Wildman–Crippen MR) is 113 cm³/mol. The van der Waals surface area contributed by atoms with Gasteiger partial charge in [0.05, 0.1) is 36.8 Å². The summed E-state index contributed by atoms with van der Waals surface area (Å²) in [5.41, 5.74) is 3.06. The molecule has 0 fully saturated rings. The number of rotatable bonds is 7. The van der Waals surface area contributed by atoms with Crippen LogP contribution in [-0.2, 0) is 4.79 Å². The third-order valence-electron chi connectivity index (χ3n) is 4.21. The predicted octanol–water partition coefficient (Wildman–Crippen LogP) is 5.29. The largest absolute Gasteiger partial charge is 0.495 e. The van der Waals surface area contributed by atoms with Crippen LogP contribution in [0.4, 0.5) is 5.69 Å². The number of nitrogens with zero attached hydrogens (tertiary/aromatic N) is 1. The van der Waals surface area contributed by atoms with Crippen molar-refractivity contribution in [1.29, 1.82) is 5.26 Å². The first-order valence-corrected chi connectivity index (χ1v) is 9.33. The number of amides is 1.